The van der Waals surface area contributed by atoms with E-state index in [1.54, 1.807) is 29.3 Å². The Bertz CT molecular complexity index is 1220. The predicted octanol–water partition coefficient (Wildman–Crippen LogP) is 2.54. The highest BCUT2D eigenvalue weighted by molar-refractivity contribution is 5.90. The fourth-order valence-corrected chi connectivity index (χ4v) is 3.81. The smallest absolute Gasteiger partial charge is 0.260 e. The van der Waals surface area contributed by atoms with Gasteiger partial charge in [0.1, 0.15) is 6.61 Å². The van der Waals surface area contributed by atoms with E-state index in [0.29, 0.717) is 23.8 Å². The van der Waals surface area contributed by atoms with E-state index in [0.717, 1.165) is 61.1 Å². The van der Waals surface area contributed by atoms with Gasteiger partial charge in [0.2, 0.25) is 0 Å². The highest BCUT2D eigenvalue weighted by Crippen LogP contribution is 2.19. The molecule has 1 aliphatic heterocycles. The molecule has 10 heteroatoms. The third kappa shape index (κ3) is 7.56. The number of carbonyl (C=O) groups is 1. The second-order valence-corrected chi connectivity index (χ2v) is 8.65. The summed E-state index contributed by atoms with van der Waals surface area (Å²) < 4.78 is 13.0. The van der Waals surface area contributed by atoms with Crippen molar-refractivity contribution in [2.45, 2.75) is 20.0 Å². The number of hydrazine groups is 1. The number of carbonyl (C=O) groups excluding carboxylic acids is 1. The van der Waals surface area contributed by atoms with Crippen LogP contribution >= 0.6 is 0 Å². The minimum atomic E-state index is -0.329. The molecule has 2 N–H and O–H groups in total. The van der Waals surface area contributed by atoms with Crippen molar-refractivity contribution in [1.29, 1.82) is 0 Å². The lowest BCUT2D eigenvalue weighted by atomic mass is 10.1. The van der Waals surface area contributed by atoms with Crippen LogP contribution in [0.25, 0.3) is 17.0 Å². The van der Waals surface area contributed by atoms with E-state index in [2.05, 4.69) is 26.5 Å². The molecule has 10 nitrogen and oxygen atoms in total. The number of aryl methyl sites for hydroxylation is 1. The summed E-state index contributed by atoms with van der Waals surface area (Å²) in [7, 11) is 0. The van der Waals surface area contributed by atoms with Gasteiger partial charge in [0.25, 0.3) is 5.91 Å². The summed E-state index contributed by atoms with van der Waals surface area (Å²) in [6.45, 7) is 11.8. The van der Waals surface area contributed by atoms with Gasteiger partial charge < -0.3 is 9.47 Å². The quantitative estimate of drug-likeness (QED) is 0.140. The van der Waals surface area contributed by atoms with Crippen LogP contribution in [0.1, 0.15) is 18.1 Å². The number of allylic oxidation sites excluding steroid dienone is 2. The van der Waals surface area contributed by atoms with Gasteiger partial charge in [-0.2, -0.15) is 5.10 Å². The number of benzene rings is 1. The molecule has 0 unspecified atom stereocenters. The summed E-state index contributed by atoms with van der Waals surface area (Å²) in [5, 5.41) is 5.38. The number of amides is 1. The van der Waals surface area contributed by atoms with E-state index in [1.807, 2.05) is 37.4 Å². The van der Waals surface area contributed by atoms with E-state index in [1.165, 1.54) is 6.08 Å². The van der Waals surface area contributed by atoms with Gasteiger partial charge in [-0.05, 0) is 30.2 Å². The van der Waals surface area contributed by atoms with Crippen molar-refractivity contribution in [3.63, 3.8) is 0 Å². The minimum absolute atomic E-state index is 0.236. The molecule has 1 aliphatic rings. The number of hydrogen-bond donors (Lipinski definition) is 1. The lowest BCUT2D eigenvalue weighted by molar-refractivity contribution is -0.126. The van der Waals surface area contributed by atoms with Crippen molar-refractivity contribution in [2.75, 3.05) is 39.5 Å². The zero-order chi connectivity index (χ0) is 26.0. The number of rotatable bonds is 11. The van der Waals surface area contributed by atoms with Crippen LogP contribution in [0.2, 0.25) is 0 Å². The zero-order valence-electron chi connectivity index (χ0n) is 21.1. The van der Waals surface area contributed by atoms with Gasteiger partial charge in [0.15, 0.2) is 11.6 Å². The molecule has 1 fully saturated rings. The summed E-state index contributed by atoms with van der Waals surface area (Å²) in [4.78, 5) is 23.7. The average Bonchev–Trinajstić information content (AvgIpc) is 3.42. The molecule has 1 saturated heterocycles. The Labute approximate surface area is 217 Å². The van der Waals surface area contributed by atoms with Gasteiger partial charge in [0, 0.05) is 49.6 Å². The normalized spacial score (nSPS) is 14.1. The van der Waals surface area contributed by atoms with Crippen LogP contribution in [-0.4, -0.2) is 75.0 Å². The Kier molecular flexibility index (Phi) is 9.14. The summed E-state index contributed by atoms with van der Waals surface area (Å²) in [6.07, 6.45) is 10.0. The Morgan fingerprint density at radius 2 is 2.00 bits per heavy atom. The number of morpholine rings is 1. The van der Waals surface area contributed by atoms with E-state index >= 15 is 0 Å². The van der Waals surface area contributed by atoms with Crippen molar-refractivity contribution in [1.82, 2.24) is 29.7 Å². The minimum Gasteiger partial charge on any atom is -0.489 e. The van der Waals surface area contributed by atoms with E-state index in [9.17, 15) is 4.79 Å². The van der Waals surface area contributed by atoms with Crippen LogP contribution in [0, 0.1) is 0 Å². The molecule has 3 heterocycles. The lowest BCUT2D eigenvalue weighted by Gasteiger charge is -2.26. The molecule has 37 heavy (non-hydrogen) atoms. The number of ether oxygens (including phenoxy) is 2. The maximum atomic E-state index is 12.5. The first-order valence-corrected chi connectivity index (χ1v) is 12.3. The van der Waals surface area contributed by atoms with Gasteiger partial charge >= 0.3 is 0 Å². The first kappa shape index (κ1) is 26.2. The van der Waals surface area contributed by atoms with Crippen molar-refractivity contribution in [3.8, 4) is 17.1 Å². The topological polar surface area (TPSA) is 112 Å². The van der Waals surface area contributed by atoms with Crippen molar-refractivity contribution >= 4 is 11.5 Å². The second-order valence-electron chi connectivity index (χ2n) is 8.65. The fourth-order valence-electron chi connectivity index (χ4n) is 3.81. The zero-order valence-corrected chi connectivity index (χ0v) is 21.1. The van der Waals surface area contributed by atoms with Crippen LogP contribution in [-0.2, 0) is 22.6 Å². The maximum absolute atomic E-state index is 12.5. The molecular formula is C27H33N7O3. The fraction of sp³-hybridized carbons (Fsp3) is 0.333. The Morgan fingerprint density at radius 1 is 1.22 bits per heavy atom. The third-order valence-corrected chi connectivity index (χ3v) is 5.98. The van der Waals surface area contributed by atoms with E-state index < -0.39 is 0 Å². The molecule has 1 amide bonds. The summed E-state index contributed by atoms with van der Waals surface area (Å²) in [5.41, 5.74) is 3.24. The summed E-state index contributed by atoms with van der Waals surface area (Å²) >= 11 is 0. The number of aromatic nitrogens is 4. The Balaban J connectivity index is 1.29. The highest BCUT2D eigenvalue weighted by Gasteiger charge is 2.11. The van der Waals surface area contributed by atoms with Gasteiger partial charge in [0.05, 0.1) is 38.3 Å². The Hall–Kier alpha value is -3.86. The molecule has 3 aromatic rings. The van der Waals surface area contributed by atoms with Gasteiger partial charge in [-0.25, -0.2) is 15.8 Å². The SMILES string of the molecule is C=C(/C=C\C(=O)N(N)Cc1cccc(-c2ncc(OCCN3CCOCC3)cn2)c1)c1cnn(CC)c1. The molecule has 0 radical (unpaired) electrons. The maximum Gasteiger partial charge on any atom is 0.260 e. The average molecular weight is 504 g/mol. The third-order valence-electron chi connectivity index (χ3n) is 5.98. The number of hydrogen-bond acceptors (Lipinski definition) is 8. The first-order chi connectivity index (χ1) is 18.0. The summed E-state index contributed by atoms with van der Waals surface area (Å²) in [6, 6.07) is 7.63. The monoisotopic (exact) mass is 503 g/mol. The van der Waals surface area contributed by atoms with Crippen LogP contribution in [0.15, 0.2) is 67.8 Å². The summed E-state index contributed by atoms with van der Waals surface area (Å²) in [5.74, 6) is 6.91. The second kappa shape index (κ2) is 12.9. The largest absolute Gasteiger partial charge is 0.489 e. The van der Waals surface area contributed by atoms with Gasteiger partial charge in [-0.3, -0.25) is 19.4 Å². The molecule has 1 aromatic carbocycles. The van der Waals surface area contributed by atoms with Gasteiger partial charge in [-0.1, -0.05) is 24.8 Å². The van der Waals surface area contributed by atoms with Gasteiger partial charge in [-0.15, -0.1) is 0 Å². The molecule has 0 atom stereocenters. The van der Waals surface area contributed by atoms with Crippen molar-refractivity contribution in [3.05, 3.63) is 78.9 Å². The van der Waals surface area contributed by atoms with Crippen molar-refractivity contribution in [2.24, 2.45) is 5.84 Å². The first-order valence-electron chi connectivity index (χ1n) is 12.3. The molecule has 0 spiro atoms. The number of nitrogens with two attached hydrogens (primary N) is 1. The van der Waals surface area contributed by atoms with Crippen LogP contribution in [0.3, 0.4) is 0 Å². The van der Waals surface area contributed by atoms with Crippen molar-refractivity contribution < 1.29 is 14.3 Å². The molecule has 2 aromatic heterocycles. The lowest BCUT2D eigenvalue weighted by Crippen LogP contribution is -2.38. The van der Waals surface area contributed by atoms with E-state index in [-0.39, 0.29) is 12.5 Å². The standard InChI is InChI=1S/C27H33N7O3/c1-3-33-20-24(16-31-33)21(2)7-8-26(35)34(28)19-22-5-4-6-23(15-22)27-29-17-25(18-30-27)37-14-11-32-9-12-36-13-10-32/h4-8,15-18,20H,2-3,9-14,19,28H2,1H3/b8-7-. The number of nitrogens with zero attached hydrogens (tertiary/aromatic N) is 6. The molecule has 0 saturated carbocycles. The highest BCUT2D eigenvalue weighted by atomic mass is 16.5. The molecule has 194 valence electrons. The molecule has 0 aliphatic carbocycles. The van der Waals surface area contributed by atoms with Crippen LogP contribution in [0.5, 0.6) is 5.75 Å². The Morgan fingerprint density at radius 3 is 2.73 bits per heavy atom. The van der Waals surface area contributed by atoms with E-state index in [4.69, 9.17) is 15.3 Å². The molecule has 0 bridgehead atoms. The molecular weight excluding hydrogens is 470 g/mol. The predicted molar refractivity (Wildman–Crippen MR) is 141 cm³/mol. The molecule has 4 rings (SSSR count). The van der Waals surface area contributed by atoms with Crippen LogP contribution in [0.4, 0.5) is 0 Å². The van der Waals surface area contributed by atoms with Crippen LogP contribution < -0.4 is 10.6 Å².